The van der Waals surface area contributed by atoms with Crippen molar-refractivity contribution in [3.05, 3.63) is 58.1 Å². The molecule has 1 amide bonds. The van der Waals surface area contributed by atoms with Crippen LogP contribution in [-0.4, -0.2) is 45.0 Å². The average molecular weight is 471 g/mol. The molecule has 1 heterocycles. The monoisotopic (exact) mass is 470 g/mol. The molecule has 2 aromatic carbocycles. The lowest BCUT2D eigenvalue weighted by atomic mass is 10.1. The number of halogens is 2. The van der Waals surface area contributed by atoms with Crippen LogP contribution in [0.25, 0.3) is 0 Å². The van der Waals surface area contributed by atoms with E-state index in [4.69, 9.17) is 27.9 Å². The number of ether oxygens (including phenoxy) is 1. The van der Waals surface area contributed by atoms with E-state index >= 15 is 0 Å². The Kier molecular flexibility index (Phi) is 7.63. The SMILES string of the molecule is CCN(CC1CCCO1)C(=O)Cc1ccc(NS(=O)(=O)c2ccc(Cl)c(Cl)c2)cc1. The van der Waals surface area contributed by atoms with Crippen molar-refractivity contribution in [1.29, 1.82) is 0 Å². The van der Waals surface area contributed by atoms with Gasteiger partial charge in [0.25, 0.3) is 10.0 Å². The molecule has 0 spiro atoms. The van der Waals surface area contributed by atoms with E-state index in [0.29, 0.717) is 18.8 Å². The first kappa shape index (κ1) is 22.9. The van der Waals surface area contributed by atoms with Crippen molar-refractivity contribution < 1.29 is 17.9 Å². The second kappa shape index (κ2) is 10.0. The lowest BCUT2D eigenvalue weighted by Crippen LogP contribution is -2.38. The molecule has 0 aromatic heterocycles. The van der Waals surface area contributed by atoms with E-state index in [1.807, 2.05) is 6.92 Å². The summed E-state index contributed by atoms with van der Waals surface area (Å²) in [6.45, 7) is 3.95. The summed E-state index contributed by atoms with van der Waals surface area (Å²) >= 11 is 11.8. The van der Waals surface area contributed by atoms with Gasteiger partial charge in [-0.2, -0.15) is 0 Å². The highest BCUT2D eigenvalue weighted by molar-refractivity contribution is 7.92. The Bertz CT molecular complexity index is 991. The van der Waals surface area contributed by atoms with E-state index < -0.39 is 10.0 Å². The molecule has 1 fully saturated rings. The van der Waals surface area contributed by atoms with Crippen molar-refractivity contribution in [2.45, 2.75) is 37.2 Å². The highest BCUT2D eigenvalue weighted by atomic mass is 35.5. The maximum absolute atomic E-state index is 12.6. The summed E-state index contributed by atoms with van der Waals surface area (Å²) in [6, 6.07) is 10.9. The van der Waals surface area contributed by atoms with E-state index in [-0.39, 0.29) is 33.4 Å². The third kappa shape index (κ3) is 5.88. The zero-order chi connectivity index (χ0) is 21.7. The van der Waals surface area contributed by atoms with Crippen LogP contribution in [0.5, 0.6) is 0 Å². The fourth-order valence-electron chi connectivity index (χ4n) is 3.28. The molecule has 6 nitrogen and oxygen atoms in total. The minimum Gasteiger partial charge on any atom is -0.376 e. The number of carbonyl (C=O) groups excluding carboxylic acids is 1. The molecule has 30 heavy (non-hydrogen) atoms. The number of benzene rings is 2. The molecule has 1 unspecified atom stereocenters. The van der Waals surface area contributed by atoms with Crippen LogP contribution in [-0.2, 0) is 26.0 Å². The zero-order valence-corrected chi connectivity index (χ0v) is 18.9. The summed E-state index contributed by atoms with van der Waals surface area (Å²) in [4.78, 5) is 14.4. The maximum atomic E-state index is 12.6. The number of amides is 1. The van der Waals surface area contributed by atoms with Crippen LogP contribution in [0, 0.1) is 0 Å². The molecule has 9 heteroatoms. The van der Waals surface area contributed by atoms with Crippen LogP contribution in [0.3, 0.4) is 0 Å². The third-order valence-corrected chi connectivity index (χ3v) is 7.06. The third-order valence-electron chi connectivity index (χ3n) is 4.95. The topological polar surface area (TPSA) is 75.7 Å². The molecule has 0 aliphatic carbocycles. The lowest BCUT2D eigenvalue weighted by molar-refractivity contribution is -0.131. The lowest BCUT2D eigenvalue weighted by Gasteiger charge is -2.24. The fourth-order valence-corrected chi connectivity index (χ4v) is 4.72. The average Bonchev–Trinajstić information content (AvgIpc) is 3.22. The predicted molar refractivity (Wildman–Crippen MR) is 119 cm³/mol. The Morgan fingerprint density at radius 1 is 1.17 bits per heavy atom. The zero-order valence-electron chi connectivity index (χ0n) is 16.6. The van der Waals surface area contributed by atoms with Crippen molar-refractivity contribution in [3.63, 3.8) is 0 Å². The first-order chi connectivity index (χ1) is 14.3. The molecule has 0 bridgehead atoms. The number of sulfonamides is 1. The maximum Gasteiger partial charge on any atom is 0.261 e. The summed E-state index contributed by atoms with van der Waals surface area (Å²) in [6.07, 6.45) is 2.39. The Labute approximate surface area is 187 Å². The van der Waals surface area contributed by atoms with E-state index in [9.17, 15) is 13.2 Å². The van der Waals surface area contributed by atoms with Crippen molar-refractivity contribution in [2.75, 3.05) is 24.4 Å². The van der Waals surface area contributed by atoms with Crippen molar-refractivity contribution >= 4 is 44.8 Å². The van der Waals surface area contributed by atoms with E-state index in [2.05, 4.69) is 4.72 Å². The summed E-state index contributed by atoms with van der Waals surface area (Å²) < 4.78 is 33.2. The first-order valence-corrected chi connectivity index (χ1v) is 12.0. The number of rotatable bonds is 8. The van der Waals surface area contributed by atoms with E-state index in [0.717, 1.165) is 25.0 Å². The Balaban J connectivity index is 1.62. The molecule has 1 aliphatic heterocycles. The molecular weight excluding hydrogens is 447 g/mol. The first-order valence-electron chi connectivity index (χ1n) is 9.74. The number of likely N-dealkylation sites (N-methyl/N-ethyl adjacent to an activating group) is 1. The van der Waals surface area contributed by atoms with Gasteiger partial charge in [0.2, 0.25) is 5.91 Å². The summed E-state index contributed by atoms with van der Waals surface area (Å²) in [5.41, 5.74) is 1.20. The number of nitrogens with one attached hydrogen (secondary N) is 1. The smallest absolute Gasteiger partial charge is 0.261 e. The molecule has 2 aromatic rings. The van der Waals surface area contributed by atoms with Crippen molar-refractivity contribution in [2.24, 2.45) is 0 Å². The number of anilines is 1. The van der Waals surface area contributed by atoms with Gasteiger partial charge in [0, 0.05) is 25.4 Å². The molecule has 0 radical (unpaired) electrons. The van der Waals surface area contributed by atoms with Gasteiger partial charge in [-0.1, -0.05) is 35.3 Å². The van der Waals surface area contributed by atoms with Crippen LogP contribution < -0.4 is 4.72 Å². The molecule has 3 rings (SSSR count). The van der Waals surface area contributed by atoms with Crippen LogP contribution in [0.2, 0.25) is 10.0 Å². The van der Waals surface area contributed by atoms with Gasteiger partial charge in [-0.3, -0.25) is 9.52 Å². The Morgan fingerprint density at radius 2 is 1.90 bits per heavy atom. The summed E-state index contributed by atoms with van der Waals surface area (Å²) in [5, 5.41) is 0.446. The quantitative estimate of drug-likeness (QED) is 0.621. The van der Waals surface area contributed by atoms with Crippen molar-refractivity contribution in [1.82, 2.24) is 4.90 Å². The predicted octanol–water partition coefficient (Wildman–Crippen LogP) is 4.36. The molecule has 1 N–H and O–H groups in total. The van der Waals surface area contributed by atoms with Gasteiger partial charge in [-0.15, -0.1) is 0 Å². The molecular formula is C21H24Cl2N2O4S. The number of nitrogens with zero attached hydrogens (tertiary/aromatic N) is 1. The summed E-state index contributed by atoms with van der Waals surface area (Å²) in [5.74, 6) is 0.0251. The van der Waals surface area contributed by atoms with E-state index in [1.54, 1.807) is 29.2 Å². The molecule has 1 atom stereocenters. The largest absolute Gasteiger partial charge is 0.376 e. The Hall–Kier alpha value is -1.80. The van der Waals surface area contributed by atoms with Gasteiger partial charge in [-0.25, -0.2) is 8.42 Å². The van der Waals surface area contributed by atoms with Crippen LogP contribution in [0.4, 0.5) is 5.69 Å². The second-order valence-corrected chi connectivity index (χ2v) is 9.62. The normalized spacial score (nSPS) is 16.4. The number of hydrogen-bond donors (Lipinski definition) is 1. The van der Waals surface area contributed by atoms with Gasteiger partial charge >= 0.3 is 0 Å². The fraction of sp³-hybridized carbons (Fsp3) is 0.381. The van der Waals surface area contributed by atoms with Crippen LogP contribution >= 0.6 is 23.2 Å². The van der Waals surface area contributed by atoms with Gasteiger partial charge in [-0.05, 0) is 55.7 Å². The summed E-state index contributed by atoms with van der Waals surface area (Å²) in [7, 11) is -3.80. The Morgan fingerprint density at radius 3 is 2.50 bits per heavy atom. The van der Waals surface area contributed by atoms with Crippen molar-refractivity contribution in [3.8, 4) is 0 Å². The molecule has 1 aliphatic rings. The van der Waals surface area contributed by atoms with Gasteiger partial charge in [0.15, 0.2) is 0 Å². The molecule has 0 saturated carbocycles. The van der Waals surface area contributed by atoms with Gasteiger partial charge < -0.3 is 9.64 Å². The number of carbonyl (C=O) groups is 1. The van der Waals surface area contributed by atoms with Crippen LogP contribution in [0.15, 0.2) is 47.4 Å². The highest BCUT2D eigenvalue weighted by Gasteiger charge is 2.22. The van der Waals surface area contributed by atoms with E-state index in [1.165, 1.54) is 18.2 Å². The van der Waals surface area contributed by atoms with Gasteiger partial charge in [0.1, 0.15) is 0 Å². The highest BCUT2D eigenvalue weighted by Crippen LogP contribution is 2.26. The minimum absolute atomic E-state index is 0.0175. The van der Waals surface area contributed by atoms with Crippen LogP contribution in [0.1, 0.15) is 25.3 Å². The van der Waals surface area contributed by atoms with Gasteiger partial charge in [0.05, 0.1) is 27.5 Å². The molecule has 1 saturated heterocycles. The standard InChI is InChI=1S/C21H24Cl2N2O4S/c1-2-25(14-17-4-3-11-29-17)21(26)12-15-5-7-16(8-6-15)24-30(27,28)18-9-10-19(22)20(23)13-18/h5-10,13,17,24H,2-4,11-12,14H2,1H3. The molecule has 162 valence electrons. The minimum atomic E-state index is -3.80. The second-order valence-electron chi connectivity index (χ2n) is 7.12. The number of hydrogen-bond acceptors (Lipinski definition) is 4.